The van der Waals surface area contributed by atoms with Crippen molar-refractivity contribution in [3.8, 4) is 5.75 Å². The van der Waals surface area contributed by atoms with Gasteiger partial charge in [-0.3, -0.25) is 0 Å². The molecule has 1 aromatic carbocycles. The fraction of sp³-hybridized carbons (Fsp3) is 0.533. The number of hydrogen-bond acceptors (Lipinski definition) is 2. The standard InChI is InChI=1S/C15H22O3/c1-6-10(2)12-9-11(15(3,4)5)7-8-13(12)18-14(16)17/h7-10H,6H2,1-5H3,(H,16,17). The van der Waals surface area contributed by atoms with Gasteiger partial charge in [-0.25, -0.2) is 4.79 Å². The Hall–Kier alpha value is -1.51. The molecule has 3 heteroatoms. The molecule has 0 saturated heterocycles. The maximum absolute atomic E-state index is 10.7. The molecule has 1 unspecified atom stereocenters. The molecular formula is C15H22O3. The molecule has 0 heterocycles. The number of hydrogen-bond donors (Lipinski definition) is 1. The van der Waals surface area contributed by atoms with E-state index in [4.69, 9.17) is 9.84 Å². The molecule has 18 heavy (non-hydrogen) atoms. The van der Waals surface area contributed by atoms with Crippen LogP contribution in [0.4, 0.5) is 4.79 Å². The summed E-state index contributed by atoms with van der Waals surface area (Å²) in [5.74, 6) is 0.728. The zero-order valence-electron chi connectivity index (χ0n) is 11.8. The van der Waals surface area contributed by atoms with Crippen LogP contribution in [0.25, 0.3) is 0 Å². The molecule has 0 fully saturated rings. The largest absolute Gasteiger partial charge is 0.511 e. The second-order valence-electron chi connectivity index (χ2n) is 5.68. The summed E-state index contributed by atoms with van der Waals surface area (Å²) in [6.45, 7) is 10.6. The van der Waals surface area contributed by atoms with Crippen LogP contribution in [0.5, 0.6) is 5.75 Å². The van der Waals surface area contributed by atoms with E-state index >= 15 is 0 Å². The summed E-state index contributed by atoms with van der Waals surface area (Å²) < 4.78 is 4.85. The predicted molar refractivity (Wildman–Crippen MR) is 72.5 cm³/mol. The Morgan fingerprint density at radius 3 is 2.44 bits per heavy atom. The van der Waals surface area contributed by atoms with Gasteiger partial charge >= 0.3 is 6.16 Å². The Bertz CT molecular complexity index is 430. The first-order valence-electron chi connectivity index (χ1n) is 6.31. The fourth-order valence-electron chi connectivity index (χ4n) is 1.81. The van der Waals surface area contributed by atoms with E-state index in [1.165, 1.54) is 5.56 Å². The molecule has 100 valence electrons. The third kappa shape index (κ3) is 3.49. The first-order valence-corrected chi connectivity index (χ1v) is 6.31. The highest BCUT2D eigenvalue weighted by atomic mass is 16.7. The normalized spacial score (nSPS) is 13.2. The van der Waals surface area contributed by atoms with E-state index in [1.807, 2.05) is 6.07 Å². The van der Waals surface area contributed by atoms with Crippen molar-refractivity contribution in [3.05, 3.63) is 29.3 Å². The van der Waals surface area contributed by atoms with Crippen molar-refractivity contribution in [3.63, 3.8) is 0 Å². The molecule has 3 nitrogen and oxygen atoms in total. The maximum Gasteiger partial charge on any atom is 0.511 e. The lowest BCUT2D eigenvalue weighted by atomic mass is 9.84. The summed E-state index contributed by atoms with van der Waals surface area (Å²) in [6, 6.07) is 5.76. The molecule has 0 aromatic heterocycles. The molecule has 1 atom stereocenters. The van der Waals surface area contributed by atoms with Crippen molar-refractivity contribution in [1.29, 1.82) is 0 Å². The quantitative estimate of drug-likeness (QED) is 0.632. The van der Waals surface area contributed by atoms with E-state index in [9.17, 15) is 4.79 Å². The van der Waals surface area contributed by atoms with Crippen LogP contribution in [0.1, 0.15) is 58.1 Å². The monoisotopic (exact) mass is 250 g/mol. The van der Waals surface area contributed by atoms with E-state index in [0.29, 0.717) is 5.75 Å². The summed E-state index contributed by atoms with van der Waals surface area (Å²) >= 11 is 0. The van der Waals surface area contributed by atoms with Crippen molar-refractivity contribution in [1.82, 2.24) is 0 Å². The first-order chi connectivity index (χ1) is 8.25. The van der Waals surface area contributed by atoms with E-state index in [1.54, 1.807) is 6.07 Å². The highest BCUT2D eigenvalue weighted by Crippen LogP contribution is 2.33. The topological polar surface area (TPSA) is 46.5 Å². The molecule has 0 aliphatic heterocycles. The van der Waals surface area contributed by atoms with Crippen LogP contribution in [0.3, 0.4) is 0 Å². The van der Waals surface area contributed by atoms with Gasteiger partial charge in [-0.1, -0.05) is 46.8 Å². The van der Waals surface area contributed by atoms with E-state index in [0.717, 1.165) is 12.0 Å². The van der Waals surface area contributed by atoms with Crippen molar-refractivity contribution >= 4 is 6.16 Å². The van der Waals surface area contributed by atoms with Gasteiger partial charge in [0.15, 0.2) is 0 Å². The van der Waals surface area contributed by atoms with Crippen LogP contribution >= 0.6 is 0 Å². The number of ether oxygens (including phenoxy) is 1. The molecule has 0 spiro atoms. The Labute approximate surface area is 109 Å². The molecule has 1 rings (SSSR count). The molecule has 0 radical (unpaired) electrons. The van der Waals surface area contributed by atoms with Crippen LogP contribution in [-0.2, 0) is 5.41 Å². The molecule has 1 aromatic rings. The fourth-order valence-corrected chi connectivity index (χ4v) is 1.81. The average molecular weight is 250 g/mol. The highest BCUT2D eigenvalue weighted by molar-refractivity contribution is 5.62. The first kappa shape index (κ1) is 14.6. The van der Waals surface area contributed by atoms with Gasteiger partial charge in [0.05, 0.1) is 0 Å². The summed E-state index contributed by atoms with van der Waals surface area (Å²) in [4.78, 5) is 10.7. The van der Waals surface area contributed by atoms with Gasteiger partial charge in [-0.2, -0.15) is 0 Å². The molecule has 0 amide bonds. The summed E-state index contributed by atoms with van der Waals surface area (Å²) in [6.07, 6.45) is -0.313. The van der Waals surface area contributed by atoms with Crippen molar-refractivity contribution in [2.45, 2.75) is 52.4 Å². The van der Waals surface area contributed by atoms with Crippen LogP contribution in [0.15, 0.2) is 18.2 Å². The SMILES string of the molecule is CCC(C)c1cc(C(C)(C)C)ccc1OC(=O)O. The van der Waals surface area contributed by atoms with E-state index < -0.39 is 6.16 Å². The minimum absolute atomic E-state index is 0.0456. The van der Waals surface area contributed by atoms with Crippen LogP contribution in [0.2, 0.25) is 0 Å². The van der Waals surface area contributed by atoms with Crippen molar-refractivity contribution in [2.75, 3.05) is 0 Å². The smallest absolute Gasteiger partial charge is 0.449 e. The second kappa shape index (κ2) is 5.42. The molecule has 0 aliphatic carbocycles. The summed E-state index contributed by atoms with van der Waals surface area (Å²) in [5.41, 5.74) is 2.20. The second-order valence-corrected chi connectivity index (χ2v) is 5.68. The lowest BCUT2D eigenvalue weighted by Crippen LogP contribution is -2.13. The Morgan fingerprint density at radius 2 is 2.00 bits per heavy atom. The molecule has 1 N–H and O–H groups in total. The number of benzene rings is 1. The Balaban J connectivity index is 3.24. The molecule has 0 saturated carbocycles. The molecule has 0 bridgehead atoms. The van der Waals surface area contributed by atoms with Gasteiger partial charge in [0.25, 0.3) is 0 Å². The van der Waals surface area contributed by atoms with Gasteiger partial charge in [-0.15, -0.1) is 0 Å². The van der Waals surface area contributed by atoms with Gasteiger partial charge in [0.2, 0.25) is 0 Å². The zero-order chi connectivity index (χ0) is 13.9. The van der Waals surface area contributed by atoms with Gasteiger partial charge in [-0.05, 0) is 34.9 Å². The molecular weight excluding hydrogens is 228 g/mol. The van der Waals surface area contributed by atoms with Crippen molar-refractivity contribution in [2.24, 2.45) is 0 Å². The van der Waals surface area contributed by atoms with E-state index in [-0.39, 0.29) is 11.3 Å². The summed E-state index contributed by atoms with van der Waals surface area (Å²) in [5, 5.41) is 8.75. The van der Waals surface area contributed by atoms with Gasteiger partial charge < -0.3 is 9.84 Å². The van der Waals surface area contributed by atoms with Crippen molar-refractivity contribution < 1.29 is 14.6 Å². The van der Waals surface area contributed by atoms with Gasteiger partial charge in [0.1, 0.15) is 5.75 Å². The number of carbonyl (C=O) groups is 1. The minimum Gasteiger partial charge on any atom is -0.449 e. The lowest BCUT2D eigenvalue weighted by Gasteiger charge is -2.22. The zero-order valence-corrected chi connectivity index (χ0v) is 11.8. The van der Waals surface area contributed by atoms with Crippen LogP contribution < -0.4 is 4.74 Å². The third-order valence-corrected chi connectivity index (χ3v) is 3.22. The number of carboxylic acid groups (broad SMARTS) is 1. The summed E-state index contributed by atoms with van der Waals surface area (Å²) in [7, 11) is 0. The Kier molecular flexibility index (Phi) is 4.38. The lowest BCUT2D eigenvalue weighted by molar-refractivity contribution is 0.144. The van der Waals surface area contributed by atoms with E-state index in [2.05, 4.69) is 40.7 Å². The number of rotatable bonds is 3. The predicted octanol–water partition coefficient (Wildman–Crippen LogP) is 4.55. The third-order valence-electron chi connectivity index (χ3n) is 3.22. The average Bonchev–Trinajstić information content (AvgIpc) is 2.26. The highest BCUT2D eigenvalue weighted by Gasteiger charge is 2.19. The van der Waals surface area contributed by atoms with Gasteiger partial charge in [0, 0.05) is 0 Å². The van der Waals surface area contributed by atoms with Crippen LogP contribution in [0, 0.1) is 0 Å². The van der Waals surface area contributed by atoms with Crippen LogP contribution in [-0.4, -0.2) is 11.3 Å². The maximum atomic E-state index is 10.7. The minimum atomic E-state index is -1.26. The Morgan fingerprint density at radius 1 is 1.39 bits per heavy atom. The molecule has 0 aliphatic rings.